The van der Waals surface area contributed by atoms with E-state index in [0.717, 1.165) is 54.5 Å². The van der Waals surface area contributed by atoms with E-state index in [4.69, 9.17) is 0 Å². The predicted octanol–water partition coefficient (Wildman–Crippen LogP) is 5.22. The Kier molecular flexibility index (Phi) is 6.36. The third-order valence-corrected chi connectivity index (χ3v) is 5.52. The molecule has 31 heavy (non-hydrogen) atoms. The third-order valence-electron chi connectivity index (χ3n) is 5.52. The summed E-state index contributed by atoms with van der Waals surface area (Å²) in [5, 5.41) is 10.8. The lowest BCUT2D eigenvalue weighted by atomic mass is 10.1. The molecule has 0 aromatic heterocycles. The van der Waals surface area contributed by atoms with Crippen molar-refractivity contribution >= 4 is 39.8 Å². The van der Waals surface area contributed by atoms with Gasteiger partial charge in [0, 0.05) is 36.4 Å². The first-order chi connectivity index (χ1) is 15.2. The Morgan fingerprint density at radius 2 is 1.71 bits per heavy atom. The lowest BCUT2D eigenvalue weighted by Gasteiger charge is -2.22. The molecule has 1 fully saturated rings. The second-order valence-corrected chi connectivity index (χ2v) is 7.79. The van der Waals surface area contributed by atoms with Crippen molar-refractivity contribution in [2.24, 2.45) is 0 Å². The van der Waals surface area contributed by atoms with Gasteiger partial charge in [-0.1, -0.05) is 43.3 Å². The molecule has 0 unspecified atom stereocenters. The van der Waals surface area contributed by atoms with Crippen LogP contribution in [0.15, 0.2) is 60.7 Å². The average molecular weight is 417 g/mol. The summed E-state index contributed by atoms with van der Waals surface area (Å²) in [7, 11) is 0. The van der Waals surface area contributed by atoms with Crippen LogP contribution in [0.4, 0.5) is 21.9 Å². The highest BCUT2D eigenvalue weighted by atomic mass is 16.2. The molecule has 0 bridgehead atoms. The number of hydrogen-bond donors (Lipinski definition) is 3. The van der Waals surface area contributed by atoms with Crippen molar-refractivity contribution in [1.82, 2.24) is 5.32 Å². The summed E-state index contributed by atoms with van der Waals surface area (Å²) in [6.07, 6.45) is 3.13. The molecule has 3 aromatic carbocycles. The number of nitrogens with zero attached hydrogens (tertiary/aromatic N) is 1. The highest BCUT2D eigenvalue weighted by Crippen LogP contribution is 2.28. The molecule has 1 heterocycles. The van der Waals surface area contributed by atoms with E-state index in [1.807, 2.05) is 61.5 Å². The number of urea groups is 1. The van der Waals surface area contributed by atoms with Gasteiger partial charge in [-0.25, -0.2) is 4.79 Å². The van der Waals surface area contributed by atoms with Gasteiger partial charge in [0.2, 0.25) is 0 Å². The molecule has 0 spiro atoms. The largest absolute Gasteiger partial charge is 0.371 e. The molecule has 0 radical (unpaired) electrons. The number of fused-ring (bicyclic) bond motifs is 1. The van der Waals surface area contributed by atoms with Crippen molar-refractivity contribution in [3.05, 3.63) is 66.2 Å². The zero-order valence-electron chi connectivity index (χ0n) is 17.8. The maximum absolute atomic E-state index is 12.8. The molecule has 4 rings (SSSR count). The highest BCUT2D eigenvalue weighted by molar-refractivity contribution is 6.07. The van der Waals surface area contributed by atoms with Gasteiger partial charge in [0.25, 0.3) is 5.91 Å². The van der Waals surface area contributed by atoms with Crippen molar-refractivity contribution in [2.45, 2.75) is 26.2 Å². The molecule has 1 saturated heterocycles. The van der Waals surface area contributed by atoms with Gasteiger partial charge in [-0.3, -0.25) is 4.79 Å². The Bertz CT molecular complexity index is 1080. The van der Waals surface area contributed by atoms with E-state index in [-0.39, 0.29) is 11.9 Å². The molecule has 6 nitrogen and oxygen atoms in total. The van der Waals surface area contributed by atoms with Gasteiger partial charge in [0.15, 0.2) is 0 Å². The normalized spacial score (nSPS) is 13.3. The van der Waals surface area contributed by atoms with Crippen LogP contribution in [0.3, 0.4) is 0 Å². The monoisotopic (exact) mass is 416 g/mol. The maximum Gasteiger partial charge on any atom is 0.323 e. The van der Waals surface area contributed by atoms with Crippen LogP contribution in [-0.2, 0) is 0 Å². The number of benzene rings is 3. The van der Waals surface area contributed by atoms with Crippen molar-refractivity contribution in [2.75, 3.05) is 35.2 Å². The zero-order chi connectivity index (χ0) is 21.6. The summed E-state index contributed by atoms with van der Waals surface area (Å²) in [4.78, 5) is 27.7. The maximum atomic E-state index is 12.8. The summed E-state index contributed by atoms with van der Waals surface area (Å²) in [5.41, 5.74) is 2.84. The number of rotatable bonds is 6. The quantitative estimate of drug-likeness (QED) is 0.516. The van der Waals surface area contributed by atoms with Crippen LogP contribution in [0.25, 0.3) is 10.8 Å². The third kappa shape index (κ3) is 4.79. The molecule has 160 valence electrons. The van der Waals surface area contributed by atoms with E-state index in [0.29, 0.717) is 17.8 Å². The number of carbonyl (C=O) groups is 2. The Morgan fingerprint density at radius 3 is 2.52 bits per heavy atom. The SMILES string of the molecule is CCCNC(=O)c1cc(NC(=O)Nc2cccc3ccccc23)ccc1N1CCCC1. The molecule has 3 N–H and O–H groups in total. The van der Waals surface area contributed by atoms with E-state index >= 15 is 0 Å². The Balaban J connectivity index is 1.54. The highest BCUT2D eigenvalue weighted by Gasteiger charge is 2.20. The fraction of sp³-hybridized carbons (Fsp3) is 0.280. The minimum atomic E-state index is -0.342. The lowest BCUT2D eigenvalue weighted by molar-refractivity contribution is 0.0954. The van der Waals surface area contributed by atoms with Crippen LogP contribution in [0.2, 0.25) is 0 Å². The molecular weight excluding hydrogens is 388 g/mol. The van der Waals surface area contributed by atoms with Crippen molar-refractivity contribution in [1.29, 1.82) is 0 Å². The molecule has 0 saturated carbocycles. The van der Waals surface area contributed by atoms with Crippen LogP contribution in [-0.4, -0.2) is 31.6 Å². The van der Waals surface area contributed by atoms with Gasteiger partial charge in [-0.2, -0.15) is 0 Å². The average Bonchev–Trinajstić information content (AvgIpc) is 3.32. The number of anilines is 3. The molecule has 3 amide bonds. The molecule has 0 atom stereocenters. The van der Waals surface area contributed by atoms with E-state index in [9.17, 15) is 9.59 Å². The first-order valence-corrected chi connectivity index (χ1v) is 10.9. The fourth-order valence-electron chi connectivity index (χ4n) is 3.98. The minimum Gasteiger partial charge on any atom is -0.371 e. The van der Waals surface area contributed by atoms with E-state index in [1.165, 1.54) is 0 Å². The number of nitrogens with one attached hydrogen (secondary N) is 3. The van der Waals surface area contributed by atoms with Crippen LogP contribution in [0.5, 0.6) is 0 Å². The van der Waals surface area contributed by atoms with Crippen molar-refractivity contribution in [3.63, 3.8) is 0 Å². The second-order valence-electron chi connectivity index (χ2n) is 7.79. The summed E-state index contributed by atoms with van der Waals surface area (Å²) in [5.74, 6) is -0.109. The lowest BCUT2D eigenvalue weighted by Crippen LogP contribution is -2.28. The standard InChI is InChI=1S/C25H28N4O2/c1-2-14-26-24(30)21-17-19(12-13-23(21)29-15-5-6-16-29)27-25(31)28-22-11-7-9-18-8-3-4-10-20(18)22/h3-4,7-13,17H,2,5-6,14-16H2,1H3,(H,26,30)(H2,27,28,31). The van der Waals surface area contributed by atoms with Gasteiger partial charge >= 0.3 is 6.03 Å². The minimum absolute atomic E-state index is 0.109. The zero-order valence-corrected chi connectivity index (χ0v) is 17.8. The first-order valence-electron chi connectivity index (χ1n) is 10.9. The van der Waals surface area contributed by atoms with Gasteiger partial charge in [0.05, 0.1) is 11.3 Å². The summed E-state index contributed by atoms with van der Waals surface area (Å²) in [6.45, 7) is 4.54. The number of amides is 3. The molecule has 6 heteroatoms. The Hall–Kier alpha value is -3.54. The number of hydrogen-bond acceptors (Lipinski definition) is 3. The fourth-order valence-corrected chi connectivity index (χ4v) is 3.98. The Labute approximate surface area is 182 Å². The van der Waals surface area contributed by atoms with Gasteiger partial charge < -0.3 is 20.9 Å². The predicted molar refractivity (Wildman–Crippen MR) is 127 cm³/mol. The first kappa shape index (κ1) is 20.7. The van der Waals surface area contributed by atoms with Crippen LogP contribution in [0.1, 0.15) is 36.5 Å². The smallest absolute Gasteiger partial charge is 0.323 e. The second kappa shape index (κ2) is 9.51. The summed E-state index contributed by atoms with van der Waals surface area (Å²) < 4.78 is 0. The van der Waals surface area contributed by atoms with Crippen molar-refractivity contribution < 1.29 is 9.59 Å². The molecule has 1 aliphatic heterocycles. The molecule has 1 aliphatic rings. The van der Waals surface area contributed by atoms with Gasteiger partial charge in [-0.05, 0) is 48.9 Å². The Morgan fingerprint density at radius 1 is 0.935 bits per heavy atom. The van der Waals surface area contributed by atoms with E-state index < -0.39 is 0 Å². The summed E-state index contributed by atoms with van der Waals surface area (Å²) in [6, 6.07) is 18.9. The molecule has 0 aliphatic carbocycles. The molecular formula is C25H28N4O2. The number of carbonyl (C=O) groups excluding carboxylic acids is 2. The topological polar surface area (TPSA) is 73.5 Å². The van der Waals surface area contributed by atoms with Gasteiger partial charge in [0.1, 0.15) is 0 Å². The summed E-state index contributed by atoms with van der Waals surface area (Å²) >= 11 is 0. The van der Waals surface area contributed by atoms with E-state index in [1.54, 1.807) is 6.07 Å². The van der Waals surface area contributed by atoms with E-state index in [2.05, 4.69) is 20.9 Å². The van der Waals surface area contributed by atoms with Crippen LogP contribution >= 0.6 is 0 Å². The van der Waals surface area contributed by atoms with Crippen LogP contribution in [0, 0.1) is 0 Å². The van der Waals surface area contributed by atoms with Gasteiger partial charge in [-0.15, -0.1) is 0 Å². The van der Waals surface area contributed by atoms with Crippen molar-refractivity contribution in [3.8, 4) is 0 Å². The van der Waals surface area contributed by atoms with Crippen LogP contribution < -0.4 is 20.9 Å². The molecule has 3 aromatic rings.